The number of rotatable bonds is 4. The highest BCUT2D eigenvalue weighted by Gasteiger charge is 2.63. The number of amides is 3. The minimum Gasteiger partial charge on any atom is -0.272 e. The SMILES string of the molecule is O=C(c1ccccc1Cl)N(Cc1ccccc1F)N1C(=O)[C@@H]2C3c4ccccc4C(c4ccccc43)[C@H]2C1=O. The highest BCUT2D eigenvalue weighted by molar-refractivity contribution is 6.33. The Bertz CT molecular complexity index is 1570. The number of hydrogen-bond acceptors (Lipinski definition) is 3. The molecule has 0 saturated carbocycles. The molecule has 1 saturated heterocycles. The minimum absolute atomic E-state index is 0.125. The van der Waals surface area contributed by atoms with Gasteiger partial charge in [-0.2, -0.15) is 5.01 Å². The molecule has 5 nitrogen and oxygen atoms in total. The van der Waals surface area contributed by atoms with E-state index in [1.165, 1.54) is 18.2 Å². The maximum absolute atomic E-state index is 14.8. The van der Waals surface area contributed by atoms with Crippen LogP contribution in [0.5, 0.6) is 0 Å². The van der Waals surface area contributed by atoms with E-state index in [2.05, 4.69) is 0 Å². The van der Waals surface area contributed by atoms with Crippen molar-refractivity contribution in [1.82, 2.24) is 10.0 Å². The van der Waals surface area contributed by atoms with Crippen LogP contribution in [0, 0.1) is 17.7 Å². The largest absolute Gasteiger partial charge is 0.274 e. The zero-order valence-corrected chi connectivity index (χ0v) is 21.4. The van der Waals surface area contributed by atoms with E-state index >= 15 is 0 Å². The fourth-order valence-electron chi connectivity index (χ4n) is 6.69. The molecule has 4 aromatic rings. The average molecular weight is 537 g/mol. The summed E-state index contributed by atoms with van der Waals surface area (Å²) in [5, 5.41) is 2.21. The lowest BCUT2D eigenvalue weighted by Crippen LogP contribution is -2.50. The Morgan fingerprint density at radius 1 is 0.718 bits per heavy atom. The number of nitrogens with zero attached hydrogens (tertiary/aromatic N) is 2. The first-order valence-corrected chi connectivity index (χ1v) is 13.2. The van der Waals surface area contributed by atoms with Gasteiger partial charge in [-0.15, -0.1) is 0 Å². The van der Waals surface area contributed by atoms with Crippen LogP contribution in [0.15, 0.2) is 97.1 Å². The lowest BCUT2D eigenvalue weighted by atomic mass is 9.55. The van der Waals surface area contributed by atoms with E-state index in [9.17, 15) is 18.8 Å². The number of imide groups is 1. The lowest BCUT2D eigenvalue weighted by molar-refractivity contribution is -0.155. The molecule has 7 heteroatoms. The summed E-state index contributed by atoms with van der Waals surface area (Å²) in [4.78, 5) is 42.5. The van der Waals surface area contributed by atoms with Gasteiger partial charge < -0.3 is 0 Å². The predicted octanol–water partition coefficient (Wildman–Crippen LogP) is 5.93. The van der Waals surface area contributed by atoms with Crippen LogP contribution < -0.4 is 0 Å². The Kier molecular flexibility index (Phi) is 5.42. The molecule has 3 amide bonds. The van der Waals surface area contributed by atoms with Gasteiger partial charge in [0, 0.05) is 17.4 Å². The van der Waals surface area contributed by atoms with E-state index in [-0.39, 0.29) is 34.5 Å². The van der Waals surface area contributed by atoms with Crippen molar-refractivity contribution < 1.29 is 18.8 Å². The first kappa shape index (κ1) is 23.8. The Balaban J connectivity index is 1.37. The third kappa shape index (κ3) is 3.41. The summed E-state index contributed by atoms with van der Waals surface area (Å²) in [7, 11) is 0. The van der Waals surface area contributed by atoms with Crippen LogP contribution in [-0.2, 0) is 16.1 Å². The number of halogens is 2. The molecular formula is C32H22ClFN2O3. The quantitative estimate of drug-likeness (QED) is 0.304. The second-order valence-corrected chi connectivity index (χ2v) is 10.6. The zero-order valence-electron chi connectivity index (χ0n) is 20.6. The molecule has 8 rings (SSSR count). The van der Waals surface area contributed by atoms with Crippen molar-refractivity contribution in [3.63, 3.8) is 0 Å². The van der Waals surface area contributed by atoms with E-state index in [1.807, 2.05) is 48.5 Å². The standard InChI is InChI=1S/C32H22ClFN2O3/c33-24-15-7-6-14-23(24)30(37)35(17-18-9-1-8-16-25(18)34)36-31(38)28-26-19-10-2-3-11-20(19)27(29(28)32(36)39)22-13-5-4-12-21(22)26/h1-16,26-29H,17H2/t26?,27?,28-,29-/m1/s1. The van der Waals surface area contributed by atoms with Crippen molar-refractivity contribution in [2.24, 2.45) is 11.8 Å². The lowest BCUT2D eigenvalue weighted by Gasteiger charge is -2.45. The number of hydrazine groups is 1. The summed E-state index contributed by atoms with van der Waals surface area (Å²) in [5.41, 5.74) is 4.43. The van der Waals surface area contributed by atoms with Crippen molar-refractivity contribution in [1.29, 1.82) is 0 Å². The molecule has 0 spiro atoms. The van der Waals surface area contributed by atoms with E-state index in [1.54, 1.807) is 30.3 Å². The topological polar surface area (TPSA) is 57.7 Å². The monoisotopic (exact) mass is 536 g/mol. The van der Waals surface area contributed by atoms with Gasteiger partial charge in [0.2, 0.25) is 0 Å². The fraction of sp³-hybridized carbons (Fsp3) is 0.156. The number of carbonyl (C=O) groups excluding carboxylic acids is 3. The number of carbonyl (C=O) groups is 3. The van der Waals surface area contributed by atoms with Gasteiger partial charge in [-0.1, -0.05) is 90.5 Å². The van der Waals surface area contributed by atoms with Gasteiger partial charge >= 0.3 is 0 Å². The van der Waals surface area contributed by atoms with Gasteiger partial charge in [0.25, 0.3) is 17.7 Å². The fourth-order valence-corrected chi connectivity index (χ4v) is 6.91. The Hall–Kier alpha value is -4.29. The Labute approximate surface area is 229 Å². The summed E-state index contributed by atoms with van der Waals surface area (Å²) in [6, 6.07) is 28.3. The van der Waals surface area contributed by atoms with Crippen LogP contribution in [0.4, 0.5) is 4.39 Å². The van der Waals surface area contributed by atoms with E-state index in [4.69, 9.17) is 11.6 Å². The molecule has 2 atom stereocenters. The molecule has 1 fully saturated rings. The van der Waals surface area contributed by atoms with E-state index in [0.717, 1.165) is 32.3 Å². The van der Waals surface area contributed by atoms with Crippen molar-refractivity contribution >= 4 is 29.3 Å². The van der Waals surface area contributed by atoms with Gasteiger partial charge in [0.15, 0.2) is 0 Å². The van der Waals surface area contributed by atoms with E-state index in [0.29, 0.717) is 0 Å². The van der Waals surface area contributed by atoms with Crippen LogP contribution in [0.2, 0.25) is 5.02 Å². The normalized spacial score (nSPS) is 22.4. The average Bonchev–Trinajstić information content (AvgIpc) is 3.22. The molecule has 0 radical (unpaired) electrons. The van der Waals surface area contributed by atoms with Crippen LogP contribution in [-0.4, -0.2) is 27.7 Å². The summed E-state index contributed by atoms with van der Waals surface area (Å²) in [6.45, 7) is -0.303. The summed E-state index contributed by atoms with van der Waals surface area (Å²) in [6.07, 6.45) is 0. The predicted molar refractivity (Wildman–Crippen MR) is 143 cm³/mol. The van der Waals surface area contributed by atoms with Gasteiger partial charge in [-0.25, -0.2) is 9.40 Å². The van der Waals surface area contributed by atoms with Crippen LogP contribution in [0.1, 0.15) is 50.0 Å². The van der Waals surface area contributed by atoms with Crippen molar-refractivity contribution in [2.75, 3.05) is 0 Å². The molecule has 0 unspecified atom stereocenters. The third-order valence-corrected chi connectivity index (χ3v) is 8.61. The molecule has 4 aromatic carbocycles. The molecule has 0 N–H and O–H groups in total. The second kappa shape index (κ2) is 8.89. The molecule has 1 heterocycles. The van der Waals surface area contributed by atoms with Gasteiger partial charge in [0.05, 0.1) is 29.0 Å². The molecule has 2 bridgehead atoms. The maximum Gasteiger partial charge on any atom is 0.274 e. The Morgan fingerprint density at radius 3 is 1.69 bits per heavy atom. The van der Waals surface area contributed by atoms with Gasteiger partial charge in [-0.05, 0) is 40.5 Å². The van der Waals surface area contributed by atoms with Crippen LogP contribution in [0.3, 0.4) is 0 Å². The maximum atomic E-state index is 14.8. The molecule has 4 aliphatic rings. The molecule has 3 aliphatic carbocycles. The highest BCUT2D eigenvalue weighted by atomic mass is 35.5. The van der Waals surface area contributed by atoms with Crippen molar-refractivity contribution in [3.05, 3.63) is 141 Å². The number of hydrogen-bond donors (Lipinski definition) is 0. The molecule has 39 heavy (non-hydrogen) atoms. The van der Waals surface area contributed by atoms with Crippen molar-refractivity contribution in [2.45, 2.75) is 18.4 Å². The molecule has 192 valence electrons. The number of benzene rings is 4. The molecular weight excluding hydrogens is 515 g/mol. The summed E-state index contributed by atoms with van der Waals surface area (Å²) >= 11 is 6.37. The van der Waals surface area contributed by atoms with Crippen LogP contribution in [0.25, 0.3) is 0 Å². The van der Waals surface area contributed by atoms with Gasteiger partial charge in [-0.3, -0.25) is 14.4 Å². The smallest absolute Gasteiger partial charge is 0.272 e. The van der Waals surface area contributed by atoms with E-state index < -0.39 is 35.4 Å². The first-order valence-electron chi connectivity index (χ1n) is 12.8. The molecule has 0 aromatic heterocycles. The molecule has 1 aliphatic heterocycles. The summed E-state index contributed by atoms with van der Waals surface area (Å²) < 4.78 is 14.8. The second-order valence-electron chi connectivity index (χ2n) is 10.2. The Morgan fingerprint density at radius 2 is 1.18 bits per heavy atom. The first-order chi connectivity index (χ1) is 19.0. The summed E-state index contributed by atoms with van der Waals surface area (Å²) in [5.74, 6) is -4.08. The van der Waals surface area contributed by atoms with Gasteiger partial charge in [0.1, 0.15) is 5.82 Å². The van der Waals surface area contributed by atoms with Crippen LogP contribution >= 0.6 is 11.6 Å². The zero-order chi connectivity index (χ0) is 26.8. The highest BCUT2D eigenvalue weighted by Crippen LogP contribution is 2.61. The van der Waals surface area contributed by atoms with Crippen molar-refractivity contribution in [3.8, 4) is 0 Å². The third-order valence-electron chi connectivity index (χ3n) is 8.28. The minimum atomic E-state index is -0.672.